The summed E-state index contributed by atoms with van der Waals surface area (Å²) in [5.74, 6) is 0.770. The van der Waals surface area contributed by atoms with Crippen LogP contribution in [0.3, 0.4) is 0 Å². The van der Waals surface area contributed by atoms with Crippen molar-refractivity contribution in [2.45, 2.75) is 19.4 Å². The summed E-state index contributed by atoms with van der Waals surface area (Å²) in [5, 5.41) is 0. The summed E-state index contributed by atoms with van der Waals surface area (Å²) in [5.41, 5.74) is 7.69. The molecule has 0 spiro atoms. The number of nitrogens with two attached hydrogens (primary N) is 1. The lowest BCUT2D eigenvalue weighted by molar-refractivity contribution is 0.142. The van der Waals surface area contributed by atoms with Gasteiger partial charge in [-0.25, -0.2) is 0 Å². The van der Waals surface area contributed by atoms with Crippen LogP contribution in [-0.2, 0) is 4.74 Å². The predicted molar refractivity (Wildman–Crippen MR) is 55.4 cm³/mol. The number of hydrogen-bond acceptors (Lipinski definition) is 3. The van der Waals surface area contributed by atoms with Crippen LogP contribution in [0, 0.1) is 6.92 Å². The first kappa shape index (κ1) is 9.34. The summed E-state index contributed by atoms with van der Waals surface area (Å²) < 4.78 is 10.9. The summed E-state index contributed by atoms with van der Waals surface area (Å²) in [6.45, 7) is 3.47. The van der Waals surface area contributed by atoms with Crippen molar-refractivity contribution < 1.29 is 9.47 Å². The number of hydrogen-bond donors (Lipinski definition) is 1. The van der Waals surface area contributed by atoms with Gasteiger partial charge in [0.2, 0.25) is 0 Å². The summed E-state index contributed by atoms with van der Waals surface area (Å²) in [6.07, 6.45) is 1.12. The minimum absolute atomic E-state index is 0.167. The standard InChI is InChI=1S/C11H15NO2/c1-8-2-3-11(10(12)6-8)14-9-4-5-13-7-9/h2-3,6,9H,4-5,7,12H2,1H3. The minimum atomic E-state index is 0.167. The third kappa shape index (κ3) is 1.99. The Morgan fingerprint density at radius 3 is 3.00 bits per heavy atom. The van der Waals surface area contributed by atoms with E-state index >= 15 is 0 Å². The largest absolute Gasteiger partial charge is 0.486 e. The molecular weight excluding hydrogens is 178 g/mol. The average Bonchev–Trinajstić information content (AvgIpc) is 2.62. The molecule has 1 unspecified atom stereocenters. The van der Waals surface area contributed by atoms with Crippen LogP contribution in [0.4, 0.5) is 5.69 Å². The molecule has 1 aliphatic rings. The molecule has 1 aromatic rings. The zero-order chi connectivity index (χ0) is 9.97. The normalized spacial score (nSPS) is 21.1. The number of aryl methyl sites for hydroxylation is 1. The van der Waals surface area contributed by atoms with Crippen molar-refractivity contribution in [1.29, 1.82) is 0 Å². The molecule has 0 bridgehead atoms. The molecule has 1 fully saturated rings. The van der Waals surface area contributed by atoms with Crippen molar-refractivity contribution in [2.24, 2.45) is 0 Å². The summed E-state index contributed by atoms with van der Waals surface area (Å²) in [6, 6.07) is 5.84. The van der Waals surface area contributed by atoms with Crippen LogP contribution in [0.2, 0.25) is 0 Å². The van der Waals surface area contributed by atoms with Gasteiger partial charge in [-0.05, 0) is 24.6 Å². The van der Waals surface area contributed by atoms with E-state index in [2.05, 4.69) is 0 Å². The van der Waals surface area contributed by atoms with Gasteiger partial charge in [-0.3, -0.25) is 0 Å². The van der Waals surface area contributed by atoms with E-state index in [1.165, 1.54) is 0 Å². The molecule has 1 atom stereocenters. The minimum Gasteiger partial charge on any atom is -0.486 e. The van der Waals surface area contributed by atoms with Crippen LogP contribution in [0.15, 0.2) is 18.2 Å². The number of anilines is 1. The van der Waals surface area contributed by atoms with E-state index in [1.54, 1.807) is 0 Å². The van der Waals surface area contributed by atoms with Gasteiger partial charge in [0, 0.05) is 6.42 Å². The number of rotatable bonds is 2. The Balaban J connectivity index is 2.08. The molecule has 76 valence electrons. The molecule has 0 saturated carbocycles. The monoisotopic (exact) mass is 193 g/mol. The maximum absolute atomic E-state index is 5.83. The van der Waals surface area contributed by atoms with Crippen LogP contribution in [0.5, 0.6) is 5.75 Å². The van der Waals surface area contributed by atoms with Gasteiger partial charge < -0.3 is 15.2 Å². The summed E-state index contributed by atoms with van der Waals surface area (Å²) >= 11 is 0. The predicted octanol–water partition coefficient (Wildman–Crippen LogP) is 1.74. The maximum Gasteiger partial charge on any atom is 0.142 e. The van der Waals surface area contributed by atoms with E-state index in [-0.39, 0.29) is 6.10 Å². The van der Waals surface area contributed by atoms with Crippen molar-refractivity contribution in [2.75, 3.05) is 18.9 Å². The van der Waals surface area contributed by atoms with Gasteiger partial charge in [0.25, 0.3) is 0 Å². The molecule has 1 aliphatic heterocycles. The number of nitrogen functional groups attached to an aromatic ring is 1. The Hall–Kier alpha value is -1.22. The maximum atomic E-state index is 5.83. The first-order valence-electron chi connectivity index (χ1n) is 4.86. The first-order valence-corrected chi connectivity index (χ1v) is 4.86. The molecule has 1 aromatic carbocycles. The molecule has 0 amide bonds. The number of benzene rings is 1. The lowest BCUT2D eigenvalue weighted by atomic mass is 10.2. The molecule has 1 saturated heterocycles. The van der Waals surface area contributed by atoms with Crippen LogP contribution in [-0.4, -0.2) is 19.3 Å². The highest BCUT2D eigenvalue weighted by Gasteiger charge is 2.17. The van der Waals surface area contributed by atoms with Crippen molar-refractivity contribution in [3.05, 3.63) is 23.8 Å². The fraction of sp³-hybridized carbons (Fsp3) is 0.455. The molecule has 2 N–H and O–H groups in total. The summed E-state index contributed by atoms with van der Waals surface area (Å²) in [7, 11) is 0. The second-order valence-corrected chi connectivity index (χ2v) is 3.64. The highest BCUT2D eigenvalue weighted by Crippen LogP contribution is 2.24. The molecule has 3 heteroatoms. The average molecular weight is 193 g/mol. The quantitative estimate of drug-likeness (QED) is 0.728. The molecule has 0 aromatic heterocycles. The van der Waals surface area contributed by atoms with Gasteiger partial charge >= 0.3 is 0 Å². The summed E-state index contributed by atoms with van der Waals surface area (Å²) in [4.78, 5) is 0. The smallest absolute Gasteiger partial charge is 0.142 e. The van der Waals surface area contributed by atoms with Crippen molar-refractivity contribution in [3.63, 3.8) is 0 Å². The Kier molecular flexibility index (Phi) is 2.59. The van der Waals surface area contributed by atoms with Gasteiger partial charge in [0.15, 0.2) is 0 Å². The zero-order valence-corrected chi connectivity index (χ0v) is 8.32. The van der Waals surface area contributed by atoms with E-state index in [0.29, 0.717) is 12.3 Å². The van der Waals surface area contributed by atoms with Gasteiger partial charge in [-0.15, -0.1) is 0 Å². The van der Waals surface area contributed by atoms with E-state index in [0.717, 1.165) is 24.3 Å². The van der Waals surface area contributed by atoms with E-state index in [1.807, 2.05) is 25.1 Å². The van der Waals surface area contributed by atoms with E-state index < -0.39 is 0 Å². The topological polar surface area (TPSA) is 44.5 Å². The van der Waals surface area contributed by atoms with Crippen molar-refractivity contribution >= 4 is 5.69 Å². The molecular formula is C11H15NO2. The van der Waals surface area contributed by atoms with Crippen molar-refractivity contribution in [1.82, 2.24) is 0 Å². The van der Waals surface area contributed by atoms with Gasteiger partial charge in [-0.1, -0.05) is 6.07 Å². The third-order valence-corrected chi connectivity index (χ3v) is 2.35. The Bertz CT molecular complexity index is 319. The van der Waals surface area contributed by atoms with Gasteiger partial charge in [0.1, 0.15) is 11.9 Å². The second-order valence-electron chi connectivity index (χ2n) is 3.64. The van der Waals surface area contributed by atoms with Crippen LogP contribution in [0.1, 0.15) is 12.0 Å². The van der Waals surface area contributed by atoms with E-state index in [4.69, 9.17) is 15.2 Å². The lowest BCUT2D eigenvalue weighted by Crippen LogP contribution is -2.16. The fourth-order valence-corrected chi connectivity index (χ4v) is 1.56. The molecule has 0 aliphatic carbocycles. The Labute approximate surface area is 83.8 Å². The highest BCUT2D eigenvalue weighted by molar-refractivity contribution is 5.54. The second kappa shape index (κ2) is 3.88. The highest BCUT2D eigenvalue weighted by atomic mass is 16.5. The van der Waals surface area contributed by atoms with E-state index in [9.17, 15) is 0 Å². The molecule has 0 radical (unpaired) electrons. The molecule has 2 rings (SSSR count). The van der Waals surface area contributed by atoms with Gasteiger partial charge in [-0.2, -0.15) is 0 Å². The van der Waals surface area contributed by atoms with Crippen molar-refractivity contribution in [3.8, 4) is 5.75 Å². The lowest BCUT2D eigenvalue weighted by Gasteiger charge is -2.13. The molecule has 1 heterocycles. The number of ether oxygens (including phenoxy) is 2. The Morgan fingerprint density at radius 1 is 1.50 bits per heavy atom. The SMILES string of the molecule is Cc1ccc(OC2CCOC2)c(N)c1. The van der Waals surface area contributed by atoms with Crippen LogP contribution < -0.4 is 10.5 Å². The molecule has 3 nitrogen and oxygen atoms in total. The fourth-order valence-electron chi connectivity index (χ4n) is 1.56. The third-order valence-electron chi connectivity index (χ3n) is 2.35. The van der Waals surface area contributed by atoms with Gasteiger partial charge in [0.05, 0.1) is 18.9 Å². The first-order chi connectivity index (χ1) is 6.75. The Morgan fingerprint density at radius 2 is 2.36 bits per heavy atom. The molecule has 14 heavy (non-hydrogen) atoms. The zero-order valence-electron chi connectivity index (χ0n) is 8.32. The van der Waals surface area contributed by atoms with Crippen LogP contribution in [0.25, 0.3) is 0 Å². The van der Waals surface area contributed by atoms with Crippen LogP contribution >= 0.6 is 0 Å².